The average molecular weight is 287 g/mol. The van der Waals surface area contributed by atoms with Crippen LogP contribution in [0.5, 0.6) is 0 Å². The lowest BCUT2D eigenvalue weighted by molar-refractivity contribution is 0.0936. The molecule has 112 valence electrons. The Balaban J connectivity index is 1.91. The fraction of sp³-hybridized carbons (Fsp3) is 0.500. The third-order valence-corrected chi connectivity index (χ3v) is 3.59. The first-order valence-electron chi connectivity index (χ1n) is 7.20. The van der Waals surface area contributed by atoms with Gasteiger partial charge < -0.3 is 15.3 Å². The molecule has 1 aromatic heterocycles. The molecule has 0 spiro atoms. The third kappa shape index (κ3) is 4.85. The number of piperidine rings is 1. The first kappa shape index (κ1) is 15.5. The highest BCUT2D eigenvalue weighted by atomic mass is 16.2. The van der Waals surface area contributed by atoms with Gasteiger partial charge in [0.15, 0.2) is 0 Å². The van der Waals surface area contributed by atoms with E-state index < -0.39 is 0 Å². The number of aromatic nitrogens is 1. The Morgan fingerprint density at radius 2 is 2.43 bits per heavy atom. The minimum absolute atomic E-state index is 0.122. The minimum Gasteiger partial charge on any atom is -0.384 e. The maximum absolute atomic E-state index is 12.1. The SMILES string of the molecule is CN1CCCC(CNC(=O)c2cncc(C#CCO)c2)C1. The van der Waals surface area contributed by atoms with Gasteiger partial charge in [-0.05, 0) is 38.4 Å². The van der Waals surface area contributed by atoms with E-state index in [9.17, 15) is 4.79 Å². The summed E-state index contributed by atoms with van der Waals surface area (Å²) in [5, 5.41) is 11.6. The zero-order valence-corrected chi connectivity index (χ0v) is 12.3. The number of hydrogen-bond acceptors (Lipinski definition) is 4. The van der Waals surface area contributed by atoms with Gasteiger partial charge in [-0.1, -0.05) is 11.8 Å². The maximum atomic E-state index is 12.1. The largest absolute Gasteiger partial charge is 0.384 e. The van der Waals surface area contributed by atoms with Gasteiger partial charge in [0.05, 0.1) is 5.56 Å². The van der Waals surface area contributed by atoms with Crippen molar-refractivity contribution in [1.29, 1.82) is 0 Å². The van der Waals surface area contributed by atoms with Crippen LogP contribution in [0.15, 0.2) is 18.5 Å². The lowest BCUT2D eigenvalue weighted by Gasteiger charge is -2.29. The zero-order valence-electron chi connectivity index (χ0n) is 12.3. The minimum atomic E-state index is -0.203. The molecule has 2 heterocycles. The Hall–Kier alpha value is -1.90. The number of pyridine rings is 1. The van der Waals surface area contributed by atoms with E-state index in [1.165, 1.54) is 12.6 Å². The Bertz CT molecular complexity index is 548. The molecule has 1 atom stereocenters. The number of likely N-dealkylation sites (tertiary alicyclic amines) is 1. The molecule has 1 amide bonds. The summed E-state index contributed by atoms with van der Waals surface area (Å²) in [5.74, 6) is 5.69. The topological polar surface area (TPSA) is 65.5 Å². The number of carbonyl (C=O) groups is 1. The van der Waals surface area contributed by atoms with Crippen LogP contribution in [0.25, 0.3) is 0 Å². The lowest BCUT2D eigenvalue weighted by atomic mass is 9.98. The molecule has 2 rings (SSSR count). The fourth-order valence-electron chi connectivity index (χ4n) is 2.55. The predicted octanol–water partition coefficient (Wildman–Crippen LogP) is 0.497. The molecule has 5 heteroatoms. The van der Waals surface area contributed by atoms with Crippen molar-refractivity contribution in [1.82, 2.24) is 15.2 Å². The van der Waals surface area contributed by atoms with E-state index in [1.807, 2.05) is 0 Å². The number of amides is 1. The van der Waals surface area contributed by atoms with Crippen LogP contribution in [0, 0.1) is 17.8 Å². The van der Waals surface area contributed by atoms with Crippen molar-refractivity contribution < 1.29 is 9.90 Å². The van der Waals surface area contributed by atoms with Crippen LogP contribution in [-0.2, 0) is 0 Å². The lowest BCUT2D eigenvalue weighted by Crippen LogP contribution is -2.39. The third-order valence-electron chi connectivity index (χ3n) is 3.59. The monoisotopic (exact) mass is 287 g/mol. The Labute approximate surface area is 125 Å². The molecule has 5 nitrogen and oxygen atoms in total. The summed E-state index contributed by atoms with van der Waals surface area (Å²) in [7, 11) is 2.11. The second-order valence-corrected chi connectivity index (χ2v) is 5.40. The highest BCUT2D eigenvalue weighted by molar-refractivity contribution is 5.94. The van der Waals surface area contributed by atoms with Gasteiger partial charge in [0, 0.05) is 31.0 Å². The molecule has 1 saturated heterocycles. The molecule has 0 aromatic carbocycles. The number of hydrogen-bond donors (Lipinski definition) is 2. The van der Waals surface area contributed by atoms with Crippen LogP contribution in [0.3, 0.4) is 0 Å². The van der Waals surface area contributed by atoms with Crippen molar-refractivity contribution in [2.24, 2.45) is 5.92 Å². The molecular weight excluding hydrogens is 266 g/mol. The van der Waals surface area contributed by atoms with Gasteiger partial charge in [-0.3, -0.25) is 9.78 Å². The van der Waals surface area contributed by atoms with E-state index in [2.05, 4.69) is 34.1 Å². The number of rotatable bonds is 3. The zero-order chi connectivity index (χ0) is 15.1. The van der Waals surface area contributed by atoms with Gasteiger partial charge in [0.2, 0.25) is 0 Å². The van der Waals surface area contributed by atoms with E-state index in [0.29, 0.717) is 23.6 Å². The standard InChI is InChI=1S/C16H21N3O2/c1-19-6-2-4-14(12-19)10-18-16(21)15-8-13(5-3-7-20)9-17-11-15/h8-9,11,14,20H,2,4,6-7,10,12H2,1H3,(H,18,21). The normalized spacial score (nSPS) is 18.7. The van der Waals surface area contributed by atoms with Crippen molar-refractivity contribution in [2.45, 2.75) is 12.8 Å². The molecule has 1 aliphatic heterocycles. The van der Waals surface area contributed by atoms with Gasteiger partial charge >= 0.3 is 0 Å². The van der Waals surface area contributed by atoms with E-state index in [0.717, 1.165) is 19.5 Å². The van der Waals surface area contributed by atoms with Crippen LogP contribution >= 0.6 is 0 Å². The number of aliphatic hydroxyl groups is 1. The second kappa shape index (κ2) is 7.77. The quantitative estimate of drug-likeness (QED) is 0.795. The molecule has 1 unspecified atom stereocenters. The van der Waals surface area contributed by atoms with Crippen molar-refractivity contribution >= 4 is 5.91 Å². The molecular formula is C16H21N3O2. The van der Waals surface area contributed by atoms with E-state index in [-0.39, 0.29) is 12.5 Å². The first-order valence-corrected chi connectivity index (χ1v) is 7.20. The molecule has 2 N–H and O–H groups in total. The second-order valence-electron chi connectivity index (χ2n) is 5.40. The smallest absolute Gasteiger partial charge is 0.252 e. The fourth-order valence-corrected chi connectivity index (χ4v) is 2.55. The summed E-state index contributed by atoms with van der Waals surface area (Å²) in [6.45, 7) is 2.65. The van der Waals surface area contributed by atoms with E-state index in [1.54, 1.807) is 12.3 Å². The Morgan fingerprint density at radius 3 is 3.19 bits per heavy atom. The summed E-state index contributed by atoms with van der Waals surface area (Å²) in [5.41, 5.74) is 1.14. The van der Waals surface area contributed by atoms with Gasteiger partial charge in [0.1, 0.15) is 6.61 Å². The van der Waals surface area contributed by atoms with Crippen molar-refractivity contribution in [3.63, 3.8) is 0 Å². The highest BCUT2D eigenvalue weighted by Crippen LogP contribution is 2.14. The molecule has 1 fully saturated rings. The van der Waals surface area contributed by atoms with Crippen LogP contribution < -0.4 is 5.32 Å². The first-order chi connectivity index (χ1) is 10.2. The summed E-state index contributed by atoms with van der Waals surface area (Å²) >= 11 is 0. The molecule has 0 bridgehead atoms. The van der Waals surface area contributed by atoms with E-state index >= 15 is 0 Å². The van der Waals surface area contributed by atoms with E-state index in [4.69, 9.17) is 5.11 Å². The van der Waals surface area contributed by atoms with Gasteiger partial charge in [-0.2, -0.15) is 0 Å². The van der Waals surface area contributed by atoms with Crippen molar-refractivity contribution in [3.05, 3.63) is 29.6 Å². The van der Waals surface area contributed by atoms with Gasteiger partial charge in [-0.25, -0.2) is 0 Å². The van der Waals surface area contributed by atoms with Crippen LogP contribution in [0.4, 0.5) is 0 Å². The summed E-state index contributed by atoms with van der Waals surface area (Å²) in [6.07, 6.45) is 5.46. The van der Waals surface area contributed by atoms with Gasteiger partial charge in [0.25, 0.3) is 5.91 Å². The number of carbonyl (C=O) groups excluding carboxylic acids is 1. The summed E-state index contributed by atoms with van der Waals surface area (Å²) < 4.78 is 0. The maximum Gasteiger partial charge on any atom is 0.252 e. The highest BCUT2D eigenvalue weighted by Gasteiger charge is 2.18. The van der Waals surface area contributed by atoms with Gasteiger partial charge in [-0.15, -0.1) is 0 Å². The van der Waals surface area contributed by atoms with Crippen molar-refractivity contribution in [3.8, 4) is 11.8 Å². The molecule has 0 saturated carbocycles. The predicted molar refractivity (Wildman–Crippen MR) is 80.8 cm³/mol. The summed E-state index contributed by atoms with van der Waals surface area (Å²) in [4.78, 5) is 18.4. The number of nitrogens with zero attached hydrogens (tertiary/aromatic N) is 2. The number of nitrogens with one attached hydrogen (secondary N) is 1. The molecule has 21 heavy (non-hydrogen) atoms. The van der Waals surface area contributed by atoms with Crippen LogP contribution in [0.2, 0.25) is 0 Å². The molecule has 0 aliphatic carbocycles. The number of aliphatic hydroxyl groups excluding tert-OH is 1. The molecule has 1 aromatic rings. The van der Waals surface area contributed by atoms with Crippen LogP contribution in [0.1, 0.15) is 28.8 Å². The van der Waals surface area contributed by atoms with Crippen molar-refractivity contribution in [2.75, 3.05) is 33.3 Å². The molecule has 1 aliphatic rings. The Morgan fingerprint density at radius 1 is 1.57 bits per heavy atom. The summed E-state index contributed by atoms with van der Waals surface area (Å²) in [6, 6.07) is 1.69. The average Bonchev–Trinajstić information content (AvgIpc) is 2.51. The molecule has 0 radical (unpaired) electrons. The Kier molecular flexibility index (Phi) is 5.73. The van der Waals surface area contributed by atoms with Crippen LogP contribution in [-0.4, -0.2) is 54.2 Å².